The van der Waals surface area contributed by atoms with E-state index < -0.39 is 0 Å². The highest BCUT2D eigenvalue weighted by Gasteiger charge is 2.15. The van der Waals surface area contributed by atoms with Crippen molar-refractivity contribution in [3.8, 4) is 11.1 Å². The number of piperazine rings is 1. The second-order valence-corrected chi connectivity index (χ2v) is 8.13. The lowest BCUT2D eigenvalue weighted by Crippen LogP contribution is -2.44. The fourth-order valence-corrected chi connectivity index (χ4v) is 4.02. The van der Waals surface area contributed by atoms with Gasteiger partial charge >= 0.3 is 0 Å². The summed E-state index contributed by atoms with van der Waals surface area (Å²) in [5.41, 5.74) is 4.18. The first kappa shape index (κ1) is 20.8. The van der Waals surface area contributed by atoms with Crippen LogP contribution in [0.25, 0.3) is 11.1 Å². The first-order chi connectivity index (χ1) is 14.7. The lowest BCUT2D eigenvalue weighted by molar-refractivity contribution is 0.0383. The predicted octanol–water partition coefficient (Wildman–Crippen LogP) is 2.17. The first-order valence-electron chi connectivity index (χ1n) is 10.9. The average molecular weight is 409 g/mol. The van der Waals surface area contributed by atoms with E-state index >= 15 is 0 Å². The maximum absolute atomic E-state index is 12.6. The Morgan fingerprint density at radius 3 is 2.40 bits per heavy atom. The Balaban J connectivity index is 1.34. The van der Waals surface area contributed by atoms with Crippen molar-refractivity contribution in [2.24, 2.45) is 0 Å². The van der Waals surface area contributed by atoms with Gasteiger partial charge in [-0.25, -0.2) is 0 Å². The van der Waals surface area contributed by atoms with Crippen molar-refractivity contribution in [1.82, 2.24) is 15.1 Å². The minimum atomic E-state index is -0.0147. The largest absolute Gasteiger partial charge is 0.379 e. The molecule has 6 nitrogen and oxygen atoms in total. The summed E-state index contributed by atoms with van der Waals surface area (Å²) >= 11 is 0. The summed E-state index contributed by atoms with van der Waals surface area (Å²) in [7, 11) is 2.17. The van der Waals surface area contributed by atoms with E-state index in [1.54, 1.807) is 0 Å². The molecular weight excluding hydrogens is 376 g/mol. The van der Waals surface area contributed by atoms with Crippen LogP contribution in [0, 0.1) is 0 Å². The molecule has 0 spiro atoms. The topological polar surface area (TPSA) is 48.0 Å². The Morgan fingerprint density at radius 2 is 1.67 bits per heavy atom. The molecular formula is C24H32N4O2. The van der Waals surface area contributed by atoms with E-state index in [2.05, 4.69) is 57.4 Å². The van der Waals surface area contributed by atoms with Crippen LogP contribution in [0.3, 0.4) is 0 Å². The Kier molecular flexibility index (Phi) is 7.00. The standard InChI is InChI=1S/C24H32N4O2/c1-26-11-13-28(14-12-26)23-7-5-20(6-8-23)21-3-2-4-22(19-21)24(29)25-9-10-27-15-17-30-18-16-27/h2-8,19H,9-18H2,1H3,(H,25,29). The van der Waals surface area contributed by atoms with Crippen molar-refractivity contribution < 1.29 is 9.53 Å². The molecule has 4 rings (SSSR count). The molecule has 2 aromatic carbocycles. The number of amides is 1. The molecule has 2 aliphatic rings. The molecule has 1 amide bonds. The predicted molar refractivity (Wildman–Crippen MR) is 121 cm³/mol. The van der Waals surface area contributed by atoms with Gasteiger partial charge in [0.2, 0.25) is 0 Å². The molecule has 1 N–H and O–H groups in total. The number of hydrogen-bond acceptors (Lipinski definition) is 5. The van der Waals surface area contributed by atoms with Crippen molar-refractivity contribution in [3.63, 3.8) is 0 Å². The van der Waals surface area contributed by atoms with Crippen LogP contribution in [0.2, 0.25) is 0 Å². The molecule has 0 bridgehead atoms. The number of nitrogens with one attached hydrogen (secondary N) is 1. The number of ether oxygens (including phenoxy) is 1. The first-order valence-corrected chi connectivity index (χ1v) is 10.9. The Bertz CT molecular complexity index is 825. The number of carbonyl (C=O) groups excluding carboxylic acids is 1. The number of rotatable bonds is 6. The van der Waals surface area contributed by atoms with Crippen molar-refractivity contribution >= 4 is 11.6 Å². The summed E-state index contributed by atoms with van der Waals surface area (Å²) in [4.78, 5) is 19.7. The van der Waals surface area contributed by atoms with Crippen molar-refractivity contribution in [1.29, 1.82) is 0 Å². The zero-order valence-electron chi connectivity index (χ0n) is 17.8. The third-order valence-corrected chi connectivity index (χ3v) is 6.01. The van der Waals surface area contributed by atoms with Crippen LogP contribution in [-0.2, 0) is 4.74 Å². The van der Waals surface area contributed by atoms with Gasteiger partial charge in [0.15, 0.2) is 0 Å². The number of nitrogens with zero attached hydrogens (tertiary/aromatic N) is 3. The van der Waals surface area contributed by atoms with Crippen LogP contribution in [0.4, 0.5) is 5.69 Å². The molecule has 0 radical (unpaired) electrons. The van der Waals surface area contributed by atoms with E-state index in [0.717, 1.165) is 70.2 Å². The number of carbonyl (C=O) groups is 1. The van der Waals surface area contributed by atoms with Crippen LogP contribution in [0.15, 0.2) is 48.5 Å². The Hall–Kier alpha value is -2.41. The summed E-state index contributed by atoms with van der Waals surface area (Å²) in [5.74, 6) is -0.0147. The van der Waals surface area contributed by atoms with Gasteiger partial charge in [-0.1, -0.05) is 24.3 Å². The summed E-state index contributed by atoms with van der Waals surface area (Å²) in [6.45, 7) is 9.30. The van der Waals surface area contributed by atoms with E-state index in [-0.39, 0.29) is 5.91 Å². The lowest BCUT2D eigenvalue weighted by atomic mass is 10.0. The molecule has 0 aliphatic carbocycles. The molecule has 0 unspecified atom stereocenters. The fraction of sp³-hybridized carbons (Fsp3) is 0.458. The van der Waals surface area contributed by atoms with E-state index in [1.165, 1.54) is 5.69 Å². The Morgan fingerprint density at radius 1 is 0.933 bits per heavy atom. The summed E-state index contributed by atoms with van der Waals surface area (Å²) in [6, 6.07) is 16.6. The number of hydrogen-bond donors (Lipinski definition) is 1. The van der Waals surface area contributed by atoms with E-state index in [9.17, 15) is 4.79 Å². The van der Waals surface area contributed by atoms with Crippen LogP contribution in [0.5, 0.6) is 0 Å². The van der Waals surface area contributed by atoms with Crippen molar-refractivity contribution in [2.75, 3.05) is 77.5 Å². The SMILES string of the molecule is CN1CCN(c2ccc(-c3cccc(C(=O)NCCN4CCOCC4)c3)cc2)CC1. The molecule has 30 heavy (non-hydrogen) atoms. The van der Waals surface area contributed by atoms with E-state index in [4.69, 9.17) is 4.74 Å². The van der Waals surface area contributed by atoms with Gasteiger partial charge in [-0.05, 0) is 42.4 Å². The highest BCUT2D eigenvalue weighted by molar-refractivity contribution is 5.95. The molecule has 2 heterocycles. The molecule has 0 saturated carbocycles. The van der Waals surface area contributed by atoms with Gasteiger partial charge in [0, 0.05) is 63.6 Å². The maximum atomic E-state index is 12.6. The summed E-state index contributed by atoms with van der Waals surface area (Å²) in [6.07, 6.45) is 0. The molecule has 2 fully saturated rings. The van der Waals surface area contributed by atoms with Gasteiger partial charge in [-0.3, -0.25) is 9.69 Å². The van der Waals surface area contributed by atoms with Gasteiger partial charge in [0.25, 0.3) is 5.91 Å². The number of morpholine rings is 1. The highest BCUT2D eigenvalue weighted by Crippen LogP contribution is 2.24. The number of benzene rings is 2. The van der Waals surface area contributed by atoms with Gasteiger partial charge in [0.05, 0.1) is 13.2 Å². The van der Waals surface area contributed by atoms with Crippen molar-refractivity contribution in [2.45, 2.75) is 0 Å². The molecule has 2 aliphatic heterocycles. The highest BCUT2D eigenvalue weighted by atomic mass is 16.5. The summed E-state index contributed by atoms with van der Waals surface area (Å²) in [5, 5.41) is 3.05. The molecule has 2 saturated heterocycles. The zero-order valence-corrected chi connectivity index (χ0v) is 17.8. The fourth-order valence-electron chi connectivity index (χ4n) is 4.02. The van der Waals surface area contributed by atoms with Crippen LogP contribution in [0.1, 0.15) is 10.4 Å². The van der Waals surface area contributed by atoms with Gasteiger partial charge in [-0.2, -0.15) is 0 Å². The minimum absolute atomic E-state index is 0.0147. The van der Waals surface area contributed by atoms with Crippen LogP contribution >= 0.6 is 0 Å². The normalized spacial score (nSPS) is 18.4. The number of likely N-dealkylation sites (N-methyl/N-ethyl adjacent to an activating group) is 1. The van der Waals surface area contributed by atoms with Gasteiger partial charge in [0.1, 0.15) is 0 Å². The third-order valence-electron chi connectivity index (χ3n) is 6.01. The van der Waals surface area contributed by atoms with Gasteiger partial charge < -0.3 is 19.9 Å². The lowest BCUT2D eigenvalue weighted by Gasteiger charge is -2.34. The molecule has 6 heteroatoms. The van der Waals surface area contributed by atoms with E-state index in [0.29, 0.717) is 12.1 Å². The minimum Gasteiger partial charge on any atom is -0.379 e. The molecule has 0 aromatic heterocycles. The number of anilines is 1. The van der Waals surface area contributed by atoms with Crippen LogP contribution in [-0.4, -0.2) is 88.3 Å². The van der Waals surface area contributed by atoms with E-state index in [1.807, 2.05) is 18.2 Å². The second kappa shape index (κ2) is 10.1. The Labute approximate surface area is 179 Å². The smallest absolute Gasteiger partial charge is 0.251 e. The quantitative estimate of drug-likeness (QED) is 0.794. The van der Waals surface area contributed by atoms with Gasteiger partial charge in [-0.15, -0.1) is 0 Å². The summed E-state index contributed by atoms with van der Waals surface area (Å²) < 4.78 is 5.36. The molecule has 160 valence electrons. The third kappa shape index (κ3) is 5.39. The molecule has 2 aromatic rings. The van der Waals surface area contributed by atoms with Crippen LogP contribution < -0.4 is 10.2 Å². The van der Waals surface area contributed by atoms with Crippen molar-refractivity contribution in [3.05, 3.63) is 54.1 Å². The zero-order chi connectivity index (χ0) is 20.8. The average Bonchev–Trinajstić information content (AvgIpc) is 2.80. The molecule has 0 atom stereocenters. The second-order valence-electron chi connectivity index (χ2n) is 8.13. The maximum Gasteiger partial charge on any atom is 0.251 e. The monoisotopic (exact) mass is 408 g/mol.